The first kappa shape index (κ1) is 17.5. The van der Waals surface area contributed by atoms with E-state index in [1.807, 2.05) is 25.1 Å². The highest BCUT2D eigenvalue weighted by Crippen LogP contribution is 2.28. The highest BCUT2D eigenvalue weighted by molar-refractivity contribution is 6.30. The number of halogens is 1. The maximum absolute atomic E-state index is 12.3. The third kappa shape index (κ3) is 5.38. The number of rotatable bonds is 6. The van der Waals surface area contributed by atoms with Gasteiger partial charge in [0.05, 0.1) is 12.5 Å². The molecule has 0 bridgehead atoms. The zero-order valence-electron chi connectivity index (χ0n) is 12.9. The molecule has 0 aliphatic carbocycles. The summed E-state index contributed by atoms with van der Waals surface area (Å²) in [5.74, 6) is -0.966. The molecule has 0 spiro atoms. The van der Waals surface area contributed by atoms with Gasteiger partial charge in [0.15, 0.2) is 0 Å². The van der Waals surface area contributed by atoms with Crippen LogP contribution in [0.2, 0.25) is 5.02 Å². The first-order chi connectivity index (χ1) is 9.62. The van der Waals surface area contributed by atoms with Crippen molar-refractivity contribution in [1.82, 2.24) is 4.90 Å². The zero-order valence-corrected chi connectivity index (χ0v) is 13.6. The Morgan fingerprint density at radius 1 is 1.33 bits per heavy atom. The molecule has 1 atom stereocenters. The molecule has 1 aromatic carbocycles. The predicted molar refractivity (Wildman–Crippen MR) is 83.3 cm³/mol. The van der Waals surface area contributed by atoms with Crippen LogP contribution in [0.4, 0.5) is 0 Å². The second-order valence-corrected chi connectivity index (χ2v) is 6.58. The average molecular weight is 312 g/mol. The number of hydrogen-bond acceptors (Lipinski definition) is 2. The molecule has 0 aliphatic heterocycles. The molecular formula is C16H22ClNO3. The van der Waals surface area contributed by atoms with Crippen molar-refractivity contribution < 1.29 is 14.7 Å². The van der Waals surface area contributed by atoms with E-state index < -0.39 is 11.4 Å². The van der Waals surface area contributed by atoms with Gasteiger partial charge in [0.2, 0.25) is 5.91 Å². The second-order valence-electron chi connectivity index (χ2n) is 6.15. The standard InChI is InChI=1S/C16H22ClNO3/c1-11(12-6-5-7-13(17)8-12)18(4)14(19)9-16(2,3)10-15(20)21/h5-8,11H,9-10H2,1-4H3,(H,20,21). The SMILES string of the molecule is CC(c1cccc(Cl)c1)N(C)C(=O)CC(C)(C)CC(=O)O. The van der Waals surface area contributed by atoms with Crippen LogP contribution in [0.15, 0.2) is 24.3 Å². The Morgan fingerprint density at radius 3 is 2.48 bits per heavy atom. The molecule has 1 N–H and O–H groups in total. The number of hydrogen-bond donors (Lipinski definition) is 1. The summed E-state index contributed by atoms with van der Waals surface area (Å²) in [4.78, 5) is 24.8. The highest BCUT2D eigenvalue weighted by Gasteiger charge is 2.28. The van der Waals surface area contributed by atoms with Gasteiger partial charge in [0, 0.05) is 18.5 Å². The van der Waals surface area contributed by atoms with Crippen LogP contribution >= 0.6 is 11.6 Å². The summed E-state index contributed by atoms with van der Waals surface area (Å²) >= 11 is 5.97. The summed E-state index contributed by atoms with van der Waals surface area (Å²) in [5.41, 5.74) is 0.389. The Balaban J connectivity index is 2.76. The van der Waals surface area contributed by atoms with Crippen molar-refractivity contribution >= 4 is 23.5 Å². The van der Waals surface area contributed by atoms with Crippen molar-refractivity contribution in [1.29, 1.82) is 0 Å². The Labute approximate surface area is 130 Å². The summed E-state index contributed by atoms with van der Waals surface area (Å²) in [7, 11) is 1.73. The maximum atomic E-state index is 12.3. The highest BCUT2D eigenvalue weighted by atomic mass is 35.5. The Kier molecular flexibility index (Phi) is 5.78. The fraction of sp³-hybridized carbons (Fsp3) is 0.500. The number of benzene rings is 1. The van der Waals surface area contributed by atoms with Gasteiger partial charge in [-0.15, -0.1) is 0 Å². The van der Waals surface area contributed by atoms with Gasteiger partial charge >= 0.3 is 5.97 Å². The molecule has 0 aromatic heterocycles. The van der Waals surface area contributed by atoms with E-state index in [1.54, 1.807) is 31.9 Å². The minimum atomic E-state index is -0.890. The van der Waals surface area contributed by atoms with Crippen molar-refractivity contribution in [2.75, 3.05) is 7.05 Å². The topological polar surface area (TPSA) is 57.6 Å². The van der Waals surface area contributed by atoms with Gasteiger partial charge in [-0.3, -0.25) is 9.59 Å². The average Bonchev–Trinajstić information content (AvgIpc) is 2.34. The Bertz CT molecular complexity index is 528. The van der Waals surface area contributed by atoms with Crippen LogP contribution in [0.25, 0.3) is 0 Å². The third-order valence-electron chi connectivity index (χ3n) is 3.56. The fourth-order valence-electron chi connectivity index (χ4n) is 2.21. The van der Waals surface area contributed by atoms with Crippen LogP contribution in [0.1, 0.15) is 45.2 Å². The number of carbonyl (C=O) groups excluding carboxylic acids is 1. The van der Waals surface area contributed by atoms with E-state index in [4.69, 9.17) is 16.7 Å². The number of carboxylic acids is 1. The van der Waals surface area contributed by atoms with Gasteiger partial charge in [-0.1, -0.05) is 37.6 Å². The fourth-order valence-corrected chi connectivity index (χ4v) is 2.41. The molecule has 0 fully saturated rings. The monoisotopic (exact) mass is 311 g/mol. The summed E-state index contributed by atoms with van der Waals surface area (Å²) in [5, 5.41) is 9.51. The normalized spacial score (nSPS) is 12.8. The van der Waals surface area contributed by atoms with Gasteiger partial charge < -0.3 is 10.0 Å². The van der Waals surface area contributed by atoms with Crippen LogP contribution in [0.5, 0.6) is 0 Å². The third-order valence-corrected chi connectivity index (χ3v) is 3.80. The van der Waals surface area contributed by atoms with Gasteiger partial charge in [-0.05, 0) is 30.0 Å². The molecule has 4 nitrogen and oxygen atoms in total. The van der Waals surface area contributed by atoms with Crippen molar-refractivity contribution in [3.8, 4) is 0 Å². The molecule has 1 amide bonds. The zero-order chi connectivity index (χ0) is 16.2. The summed E-state index contributed by atoms with van der Waals surface area (Å²) < 4.78 is 0. The van der Waals surface area contributed by atoms with Crippen molar-refractivity contribution in [3.63, 3.8) is 0 Å². The van der Waals surface area contributed by atoms with Crippen LogP contribution in [0.3, 0.4) is 0 Å². The maximum Gasteiger partial charge on any atom is 0.303 e. The lowest BCUT2D eigenvalue weighted by molar-refractivity contribution is -0.140. The van der Waals surface area contributed by atoms with Gasteiger partial charge in [0.1, 0.15) is 0 Å². The van der Waals surface area contributed by atoms with E-state index in [0.717, 1.165) is 5.56 Å². The summed E-state index contributed by atoms with van der Waals surface area (Å²) in [6.45, 7) is 5.50. The van der Waals surface area contributed by atoms with E-state index in [2.05, 4.69) is 0 Å². The van der Waals surface area contributed by atoms with E-state index in [-0.39, 0.29) is 24.8 Å². The molecule has 0 heterocycles. The molecule has 1 rings (SSSR count). The largest absolute Gasteiger partial charge is 0.481 e. The molecular weight excluding hydrogens is 290 g/mol. The lowest BCUT2D eigenvalue weighted by Gasteiger charge is -2.29. The molecule has 1 aromatic rings. The number of aliphatic carboxylic acids is 1. The van der Waals surface area contributed by atoms with Crippen LogP contribution in [-0.4, -0.2) is 28.9 Å². The first-order valence-electron chi connectivity index (χ1n) is 6.85. The Hall–Kier alpha value is -1.55. The number of amides is 1. The molecule has 21 heavy (non-hydrogen) atoms. The molecule has 0 radical (unpaired) electrons. The molecule has 5 heteroatoms. The van der Waals surface area contributed by atoms with Gasteiger partial charge in [0.25, 0.3) is 0 Å². The number of carbonyl (C=O) groups is 2. The van der Waals surface area contributed by atoms with E-state index >= 15 is 0 Å². The number of carboxylic acid groups (broad SMARTS) is 1. The Morgan fingerprint density at radius 2 is 1.95 bits per heavy atom. The van der Waals surface area contributed by atoms with Crippen LogP contribution in [-0.2, 0) is 9.59 Å². The van der Waals surface area contributed by atoms with E-state index in [0.29, 0.717) is 5.02 Å². The van der Waals surface area contributed by atoms with Gasteiger partial charge in [-0.2, -0.15) is 0 Å². The predicted octanol–water partition coefficient (Wildman–Crippen LogP) is 3.75. The van der Waals surface area contributed by atoms with E-state index in [9.17, 15) is 9.59 Å². The summed E-state index contributed by atoms with van der Waals surface area (Å²) in [6.07, 6.45) is 0.166. The number of nitrogens with zero attached hydrogens (tertiary/aromatic N) is 1. The van der Waals surface area contributed by atoms with Crippen molar-refractivity contribution in [3.05, 3.63) is 34.9 Å². The van der Waals surface area contributed by atoms with Crippen LogP contribution in [0, 0.1) is 5.41 Å². The first-order valence-corrected chi connectivity index (χ1v) is 7.23. The van der Waals surface area contributed by atoms with E-state index in [1.165, 1.54) is 0 Å². The van der Waals surface area contributed by atoms with Crippen molar-refractivity contribution in [2.45, 2.75) is 39.7 Å². The molecule has 116 valence electrons. The summed E-state index contributed by atoms with van der Waals surface area (Å²) in [6, 6.07) is 7.27. The lowest BCUT2D eigenvalue weighted by atomic mass is 9.85. The molecule has 0 aliphatic rings. The molecule has 1 unspecified atom stereocenters. The van der Waals surface area contributed by atoms with Crippen molar-refractivity contribution in [2.24, 2.45) is 5.41 Å². The molecule has 0 saturated carbocycles. The minimum absolute atomic E-state index is 0.0296. The minimum Gasteiger partial charge on any atom is -0.481 e. The quantitative estimate of drug-likeness (QED) is 0.870. The lowest BCUT2D eigenvalue weighted by Crippen LogP contribution is -2.33. The second kappa shape index (κ2) is 6.94. The molecule has 0 saturated heterocycles. The smallest absolute Gasteiger partial charge is 0.303 e. The van der Waals surface area contributed by atoms with Crippen LogP contribution < -0.4 is 0 Å². The van der Waals surface area contributed by atoms with Gasteiger partial charge in [-0.25, -0.2) is 0 Å².